The number of primary amides is 1. The lowest BCUT2D eigenvalue weighted by molar-refractivity contribution is -0.137. The van der Waals surface area contributed by atoms with Crippen LogP contribution in [0.4, 0.5) is 23.8 Å². The summed E-state index contributed by atoms with van der Waals surface area (Å²) < 4.78 is 51.5. The number of amides is 2. The van der Waals surface area contributed by atoms with Gasteiger partial charge >= 0.3 is 12.3 Å². The molecule has 3 fully saturated rings. The van der Waals surface area contributed by atoms with E-state index in [1.807, 2.05) is 18.2 Å². The highest BCUT2D eigenvalue weighted by Crippen LogP contribution is 2.49. The van der Waals surface area contributed by atoms with Gasteiger partial charge in [0.1, 0.15) is 17.7 Å². The summed E-state index contributed by atoms with van der Waals surface area (Å²) in [6.45, 7) is 3.63. The van der Waals surface area contributed by atoms with Crippen molar-refractivity contribution >= 4 is 23.4 Å². The van der Waals surface area contributed by atoms with Crippen molar-refractivity contribution < 1.29 is 32.2 Å². The van der Waals surface area contributed by atoms with Gasteiger partial charge in [-0.15, -0.1) is 0 Å². The molecule has 8 nitrogen and oxygen atoms in total. The zero-order chi connectivity index (χ0) is 29.8. The summed E-state index contributed by atoms with van der Waals surface area (Å²) >= 11 is 0. The Morgan fingerprint density at radius 3 is 2.64 bits per heavy atom. The second-order valence-corrected chi connectivity index (χ2v) is 11.5. The van der Waals surface area contributed by atoms with Crippen molar-refractivity contribution in [2.24, 2.45) is 23.5 Å². The molecule has 2 aliphatic carbocycles. The first-order valence-corrected chi connectivity index (χ1v) is 14.2. The second kappa shape index (κ2) is 10.7. The lowest BCUT2D eigenvalue weighted by Crippen LogP contribution is -2.38. The predicted octanol–water partition coefficient (Wildman–Crippen LogP) is 5.45. The highest BCUT2D eigenvalue weighted by molar-refractivity contribution is 5.82. The van der Waals surface area contributed by atoms with Crippen LogP contribution in [0.15, 0.2) is 54.3 Å². The van der Waals surface area contributed by atoms with E-state index in [2.05, 4.69) is 11.0 Å². The number of rotatable bonds is 8. The second-order valence-electron chi connectivity index (χ2n) is 11.5. The van der Waals surface area contributed by atoms with Crippen LogP contribution in [0.5, 0.6) is 0 Å². The van der Waals surface area contributed by atoms with Crippen LogP contribution < -0.4 is 10.6 Å². The molecule has 6 rings (SSSR count). The van der Waals surface area contributed by atoms with Crippen molar-refractivity contribution in [3.8, 4) is 0 Å². The monoisotopic (exact) mass is 582 g/mol. The smallest absolute Gasteiger partial charge is 0.416 e. The fourth-order valence-electron chi connectivity index (χ4n) is 6.24. The molecule has 1 aromatic heterocycles. The van der Waals surface area contributed by atoms with E-state index in [-0.39, 0.29) is 35.8 Å². The zero-order valence-electron chi connectivity index (χ0n) is 23.4. The van der Waals surface area contributed by atoms with E-state index in [0.29, 0.717) is 11.5 Å². The van der Waals surface area contributed by atoms with Gasteiger partial charge in [-0.3, -0.25) is 9.69 Å². The van der Waals surface area contributed by atoms with Crippen LogP contribution in [-0.4, -0.2) is 48.1 Å². The molecule has 4 aliphatic rings. The third-order valence-electron chi connectivity index (χ3n) is 8.88. The van der Waals surface area contributed by atoms with E-state index in [1.54, 1.807) is 20.1 Å². The van der Waals surface area contributed by atoms with Gasteiger partial charge in [-0.2, -0.15) is 13.2 Å². The number of pyridine rings is 1. The molecule has 1 aromatic carbocycles. The van der Waals surface area contributed by atoms with E-state index in [0.717, 1.165) is 61.4 Å². The number of hydrogen-bond donors (Lipinski definition) is 1. The van der Waals surface area contributed by atoms with Gasteiger partial charge in [-0.25, -0.2) is 9.78 Å². The number of halogens is 3. The van der Waals surface area contributed by atoms with Crippen LogP contribution in [0.3, 0.4) is 0 Å². The van der Waals surface area contributed by atoms with Crippen molar-refractivity contribution in [3.05, 3.63) is 76.7 Å². The number of aromatic nitrogens is 1. The molecule has 42 heavy (non-hydrogen) atoms. The maximum Gasteiger partial charge on any atom is 0.416 e. The van der Waals surface area contributed by atoms with E-state index >= 15 is 0 Å². The minimum atomic E-state index is -4.51. The summed E-state index contributed by atoms with van der Waals surface area (Å²) in [5, 5.41) is 0. The maximum absolute atomic E-state index is 13.4. The molecule has 1 saturated carbocycles. The van der Waals surface area contributed by atoms with Crippen molar-refractivity contribution in [2.75, 3.05) is 25.1 Å². The Kier molecular flexibility index (Phi) is 7.14. The molecule has 0 radical (unpaired) electrons. The molecule has 2 aliphatic heterocycles. The summed E-state index contributed by atoms with van der Waals surface area (Å²) in [5.41, 5.74) is 7.30. The van der Waals surface area contributed by atoms with Crippen LogP contribution in [0, 0.1) is 17.8 Å². The predicted molar refractivity (Wildman–Crippen MR) is 149 cm³/mol. The molecular weight excluding hydrogens is 549 g/mol. The third kappa shape index (κ3) is 5.20. The number of benzene rings is 1. The molecule has 1 unspecified atom stereocenters. The van der Waals surface area contributed by atoms with Gasteiger partial charge in [0, 0.05) is 30.1 Å². The Bertz CT molecular complexity index is 1470. The van der Waals surface area contributed by atoms with E-state index in [9.17, 15) is 22.8 Å². The van der Waals surface area contributed by atoms with Gasteiger partial charge in [-0.05, 0) is 73.9 Å². The highest BCUT2D eigenvalue weighted by atomic mass is 19.4. The van der Waals surface area contributed by atoms with Crippen LogP contribution in [0.1, 0.15) is 54.7 Å². The quantitative estimate of drug-likeness (QED) is 0.445. The van der Waals surface area contributed by atoms with Gasteiger partial charge in [0.2, 0.25) is 5.91 Å². The van der Waals surface area contributed by atoms with Gasteiger partial charge in [0.05, 0.1) is 31.0 Å². The molecule has 2 N–H and O–H groups in total. The number of nitrogens with zero attached hydrogens (tertiary/aromatic N) is 3. The molecule has 3 heterocycles. The Morgan fingerprint density at radius 1 is 1.21 bits per heavy atom. The van der Waals surface area contributed by atoms with Crippen LogP contribution in [0.25, 0.3) is 5.57 Å². The number of nitrogens with two attached hydrogens (primary N) is 1. The molecule has 0 spiro atoms. The van der Waals surface area contributed by atoms with Gasteiger partial charge in [0.15, 0.2) is 0 Å². The van der Waals surface area contributed by atoms with Crippen molar-refractivity contribution in [1.82, 2.24) is 9.88 Å². The maximum atomic E-state index is 13.4. The molecule has 11 heteroatoms. The van der Waals surface area contributed by atoms with E-state index in [1.165, 1.54) is 11.0 Å². The number of allylic oxidation sites excluding steroid dienone is 3. The Morgan fingerprint density at radius 2 is 2.00 bits per heavy atom. The van der Waals surface area contributed by atoms with Gasteiger partial charge in [0.25, 0.3) is 0 Å². The number of methoxy groups -OCH3 is 1. The average Bonchev–Trinajstić information content (AvgIpc) is 3.69. The van der Waals surface area contributed by atoms with Crippen molar-refractivity contribution in [1.29, 1.82) is 0 Å². The minimum Gasteiger partial charge on any atom is -0.496 e. The van der Waals surface area contributed by atoms with Gasteiger partial charge in [-0.1, -0.05) is 18.2 Å². The Labute approximate surface area is 242 Å². The lowest BCUT2D eigenvalue weighted by Gasteiger charge is -2.33. The fraction of sp³-hybridized carbons (Fsp3) is 0.452. The van der Waals surface area contributed by atoms with E-state index < -0.39 is 30.0 Å². The number of alkyl halides is 3. The first-order valence-electron chi connectivity index (χ1n) is 14.2. The van der Waals surface area contributed by atoms with Crippen LogP contribution in [0.2, 0.25) is 0 Å². The minimum absolute atomic E-state index is 0.0960. The number of carbonyl (C=O) groups is 2. The summed E-state index contributed by atoms with van der Waals surface area (Å²) in [5.74, 6) is 1.34. The third-order valence-corrected chi connectivity index (χ3v) is 8.88. The first-order chi connectivity index (χ1) is 20.0. The molecule has 5 atom stereocenters. The van der Waals surface area contributed by atoms with Crippen LogP contribution >= 0.6 is 0 Å². The van der Waals surface area contributed by atoms with Crippen molar-refractivity contribution in [3.63, 3.8) is 0 Å². The van der Waals surface area contributed by atoms with Crippen molar-refractivity contribution in [2.45, 2.75) is 51.1 Å². The molecular formula is C31H33F3N4O4. The standard InChI is InChI=1S/C31H33F3N4O4/c1-17-28(19-5-3-6-20(13-19)31(32,33)34)42-30(40)38(17)16-25-21(8-10-27(36-25)37-11-4-12-37)23-14-18(7-9-26(23)41-2)22-15-24(22)29(35)39/h3,5-6,8-10,13-14,17-18,22,24,28H,4,7,11-12,15-16H2,1-2H3,(H2,35,39)/t17-,18?,22-,24+,28-/m0/s1. The topological polar surface area (TPSA) is 98.0 Å². The Hall–Kier alpha value is -4.02. The lowest BCUT2D eigenvalue weighted by atomic mass is 9.86. The number of carbonyl (C=O) groups excluding carboxylic acids is 2. The number of cyclic esters (lactones) is 1. The highest BCUT2D eigenvalue weighted by Gasteiger charge is 2.47. The molecule has 0 bridgehead atoms. The molecule has 2 aromatic rings. The SMILES string of the molecule is COC1=CCC([C@@H]2C[C@H]2C(N)=O)C=C1c1ccc(N2CCC2)nc1CN1C(=O)O[C@H](c2cccc(C(F)(F)F)c2)[C@@H]1C. The number of anilines is 1. The largest absolute Gasteiger partial charge is 0.496 e. The summed E-state index contributed by atoms with van der Waals surface area (Å²) in [6.07, 6.45) is 0.693. The van der Waals surface area contributed by atoms with Crippen LogP contribution in [-0.2, 0) is 27.0 Å². The fourth-order valence-corrected chi connectivity index (χ4v) is 6.24. The molecule has 222 valence electrons. The normalized spacial score (nSPS) is 27.2. The first kappa shape index (κ1) is 28.1. The average molecular weight is 583 g/mol. The number of hydrogen-bond acceptors (Lipinski definition) is 6. The van der Waals surface area contributed by atoms with Gasteiger partial charge < -0.3 is 20.1 Å². The molecule has 2 amide bonds. The summed E-state index contributed by atoms with van der Waals surface area (Å²) in [4.78, 5) is 33.6. The number of ether oxygens (including phenoxy) is 2. The summed E-state index contributed by atoms with van der Waals surface area (Å²) in [6, 6.07) is 8.29. The zero-order valence-corrected chi connectivity index (χ0v) is 23.4. The van der Waals surface area contributed by atoms with E-state index in [4.69, 9.17) is 20.2 Å². The summed E-state index contributed by atoms with van der Waals surface area (Å²) in [7, 11) is 1.60. The molecule has 2 saturated heterocycles. The Balaban J connectivity index is 1.33.